The van der Waals surface area contributed by atoms with Crippen LogP contribution in [0.25, 0.3) is 0 Å². The molecule has 0 aliphatic heterocycles. The molecule has 0 radical (unpaired) electrons. The second kappa shape index (κ2) is 3.69. The first-order valence-corrected chi connectivity index (χ1v) is 5.67. The highest BCUT2D eigenvalue weighted by Gasteiger charge is 2.19. The fraction of sp³-hybridized carbons (Fsp3) is 0.692. The fourth-order valence-corrected chi connectivity index (χ4v) is 2.44. The summed E-state index contributed by atoms with van der Waals surface area (Å²) in [5, 5.41) is 0. The van der Waals surface area contributed by atoms with E-state index in [1.807, 2.05) is 0 Å². The van der Waals surface area contributed by atoms with Crippen LogP contribution >= 0.6 is 0 Å². The highest BCUT2D eigenvalue weighted by atomic mass is 14.2. The van der Waals surface area contributed by atoms with Crippen molar-refractivity contribution in [3.63, 3.8) is 0 Å². The lowest BCUT2D eigenvalue weighted by Gasteiger charge is -2.27. The van der Waals surface area contributed by atoms with Crippen LogP contribution in [0.5, 0.6) is 0 Å². The van der Waals surface area contributed by atoms with Crippen LogP contribution in [-0.2, 0) is 0 Å². The van der Waals surface area contributed by atoms with E-state index in [1.165, 1.54) is 32.1 Å². The Labute approximate surface area is 81.7 Å². The van der Waals surface area contributed by atoms with Gasteiger partial charge in [0.15, 0.2) is 0 Å². The van der Waals surface area contributed by atoms with Crippen LogP contribution in [0.15, 0.2) is 23.3 Å². The van der Waals surface area contributed by atoms with Crippen molar-refractivity contribution in [2.24, 2.45) is 11.8 Å². The molecule has 0 spiro atoms. The molecular weight excluding hydrogens is 156 g/mol. The molecular formula is C13H20. The van der Waals surface area contributed by atoms with Crippen LogP contribution in [0.1, 0.15) is 46.0 Å². The van der Waals surface area contributed by atoms with Gasteiger partial charge in [0.05, 0.1) is 0 Å². The molecule has 0 amide bonds. The topological polar surface area (TPSA) is 0 Å². The van der Waals surface area contributed by atoms with Crippen LogP contribution < -0.4 is 0 Å². The van der Waals surface area contributed by atoms with Gasteiger partial charge in [0, 0.05) is 0 Å². The van der Waals surface area contributed by atoms with Crippen molar-refractivity contribution in [2.45, 2.75) is 46.0 Å². The standard InChI is InChI=1S/C13H20/c1-10(2)12-8-7-11-5-3-4-6-13(11)9-12/h7,9-10,12H,3-6,8H2,1-2H3. The number of rotatable bonds is 1. The monoisotopic (exact) mass is 176 g/mol. The summed E-state index contributed by atoms with van der Waals surface area (Å²) in [6.07, 6.45) is 11.9. The number of hydrogen-bond acceptors (Lipinski definition) is 0. The summed E-state index contributed by atoms with van der Waals surface area (Å²) in [6.45, 7) is 4.67. The van der Waals surface area contributed by atoms with Gasteiger partial charge in [-0.1, -0.05) is 26.0 Å². The Balaban J connectivity index is 2.13. The van der Waals surface area contributed by atoms with Gasteiger partial charge in [-0.3, -0.25) is 0 Å². The lowest BCUT2D eigenvalue weighted by molar-refractivity contribution is 0.456. The minimum atomic E-state index is 0.812. The predicted molar refractivity (Wildman–Crippen MR) is 57.6 cm³/mol. The summed E-state index contributed by atoms with van der Waals surface area (Å²) < 4.78 is 0. The summed E-state index contributed by atoms with van der Waals surface area (Å²) in [6, 6.07) is 0. The molecule has 2 aliphatic rings. The molecule has 1 unspecified atom stereocenters. The number of hydrogen-bond donors (Lipinski definition) is 0. The van der Waals surface area contributed by atoms with Crippen molar-refractivity contribution in [1.29, 1.82) is 0 Å². The first-order chi connectivity index (χ1) is 6.27. The Morgan fingerprint density at radius 3 is 2.54 bits per heavy atom. The lowest BCUT2D eigenvalue weighted by atomic mass is 9.79. The van der Waals surface area contributed by atoms with Crippen LogP contribution in [0.4, 0.5) is 0 Å². The number of allylic oxidation sites excluding steroid dienone is 4. The van der Waals surface area contributed by atoms with Gasteiger partial charge in [-0.05, 0) is 55.1 Å². The second-order valence-corrected chi connectivity index (χ2v) is 4.77. The van der Waals surface area contributed by atoms with Crippen molar-refractivity contribution >= 4 is 0 Å². The minimum absolute atomic E-state index is 0.812. The van der Waals surface area contributed by atoms with E-state index >= 15 is 0 Å². The van der Waals surface area contributed by atoms with Crippen molar-refractivity contribution in [3.05, 3.63) is 23.3 Å². The normalized spacial score (nSPS) is 28.1. The molecule has 0 bridgehead atoms. The quantitative estimate of drug-likeness (QED) is 0.564. The first kappa shape index (κ1) is 9.05. The zero-order valence-corrected chi connectivity index (χ0v) is 8.84. The maximum atomic E-state index is 2.55. The van der Waals surface area contributed by atoms with E-state index in [-0.39, 0.29) is 0 Å². The molecule has 72 valence electrons. The zero-order valence-electron chi connectivity index (χ0n) is 8.84. The molecule has 0 heterocycles. The third-order valence-corrected chi connectivity index (χ3v) is 3.46. The summed E-state index contributed by atoms with van der Waals surface area (Å²) in [5.41, 5.74) is 3.35. The van der Waals surface area contributed by atoms with Crippen LogP contribution in [-0.4, -0.2) is 0 Å². The van der Waals surface area contributed by atoms with Crippen LogP contribution in [0.2, 0.25) is 0 Å². The average molecular weight is 176 g/mol. The van der Waals surface area contributed by atoms with E-state index in [9.17, 15) is 0 Å². The van der Waals surface area contributed by atoms with Gasteiger partial charge < -0.3 is 0 Å². The molecule has 0 N–H and O–H groups in total. The Kier molecular flexibility index (Phi) is 2.57. The molecule has 13 heavy (non-hydrogen) atoms. The van der Waals surface area contributed by atoms with Crippen molar-refractivity contribution in [2.75, 3.05) is 0 Å². The third-order valence-electron chi connectivity index (χ3n) is 3.46. The van der Waals surface area contributed by atoms with Gasteiger partial charge >= 0.3 is 0 Å². The van der Waals surface area contributed by atoms with Crippen LogP contribution in [0, 0.1) is 11.8 Å². The molecule has 2 rings (SSSR count). The maximum Gasteiger partial charge on any atom is -0.0170 e. The molecule has 0 heteroatoms. The van der Waals surface area contributed by atoms with Crippen molar-refractivity contribution in [1.82, 2.24) is 0 Å². The van der Waals surface area contributed by atoms with E-state index < -0.39 is 0 Å². The van der Waals surface area contributed by atoms with E-state index in [0.29, 0.717) is 0 Å². The van der Waals surface area contributed by atoms with Gasteiger partial charge in [0.2, 0.25) is 0 Å². The number of fused-ring (bicyclic) bond motifs is 1. The summed E-state index contributed by atoms with van der Waals surface area (Å²) >= 11 is 0. The Hall–Kier alpha value is -0.520. The maximum absolute atomic E-state index is 2.55. The Morgan fingerprint density at radius 1 is 1.15 bits per heavy atom. The summed E-state index contributed by atoms with van der Waals surface area (Å²) in [5.74, 6) is 1.63. The second-order valence-electron chi connectivity index (χ2n) is 4.77. The van der Waals surface area contributed by atoms with E-state index in [2.05, 4.69) is 26.0 Å². The van der Waals surface area contributed by atoms with Crippen LogP contribution in [0.3, 0.4) is 0 Å². The van der Waals surface area contributed by atoms with E-state index in [4.69, 9.17) is 0 Å². The first-order valence-electron chi connectivity index (χ1n) is 5.67. The highest BCUT2D eigenvalue weighted by Crippen LogP contribution is 2.36. The summed E-state index contributed by atoms with van der Waals surface area (Å²) in [4.78, 5) is 0. The zero-order chi connectivity index (χ0) is 9.26. The molecule has 0 saturated heterocycles. The molecule has 0 aromatic carbocycles. The average Bonchev–Trinajstić information content (AvgIpc) is 2.17. The predicted octanol–water partition coefficient (Wildman–Crippen LogP) is 4.09. The van der Waals surface area contributed by atoms with E-state index in [0.717, 1.165) is 11.8 Å². The third kappa shape index (κ3) is 1.87. The Bertz CT molecular complexity index is 243. The lowest BCUT2D eigenvalue weighted by Crippen LogP contribution is -2.12. The molecule has 0 aromatic rings. The largest absolute Gasteiger partial charge is 0.0805 e. The SMILES string of the molecule is CC(C)C1C=C2CCCCC2=CC1. The van der Waals surface area contributed by atoms with Crippen molar-refractivity contribution < 1.29 is 0 Å². The van der Waals surface area contributed by atoms with Gasteiger partial charge in [-0.25, -0.2) is 0 Å². The molecule has 2 aliphatic carbocycles. The molecule has 0 aromatic heterocycles. The molecule has 1 saturated carbocycles. The van der Waals surface area contributed by atoms with Gasteiger partial charge in [-0.15, -0.1) is 0 Å². The van der Waals surface area contributed by atoms with Gasteiger partial charge in [0.25, 0.3) is 0 Å². The van der Waals surface area contributed by atoms with Gasteiger partial charge in [-0.2, -0.15) is 0 Å². The molecule has 1 fully saturated rings. The Morgan fingerprint density at radius 2 is 1.85 bits per heavy atom. The fourth-order valence-electron chi connectivity index (χ4n) is 2.44. The van der Waals surface area contributed by atoms with Crippen molar-refractivity contribution in [3.8, 4) is 0 Å². The molecule has 1 atom stereocenters. The highest BCUT2D eigenvalue weighted by molar-refractivity contribution is 5.36. The van der Waals surface area contributed by atoms with E-state index in [1.54, 1.807) is 11.1 Å². The summed E-state index contributed by atoms with van der Waals surface area (Å²) in [7, 11) is 0. The smallest absolute Gasteiger partial charge is 0.0170 e. The van der Waals surface area contributed by atoms with Gasteiger partial charge in [0.1, 0.15) is 0 Å². The minimum Gasteiger partial charge on any atom is -0.0805 e. The molecule has 0 nitrogen and oxygen atoms in total.